The topological polar surface area (TPSA) is 54.6 Å². The van der Waals surface area contributed by atoms with E-state index in [1.54, 1.807) is 14.0 Å². The first-order chi connectivity index (χ1) is 9.03. The summed E-state index contributed by atoms with van der Waals surface area (Å²) in [7, 11) is 1.65. The van der Waals surface area contributed by atoms with Gasteiger partial charge in [0.2, 0.25) is 0 Å². The SMILES string of the molecule is COCCNCC(C)(O)c1cc2cc(C)ccc2o1. The van der Waals surface area contributed by atoms with Gasteiger partial charge in [-0.3, -0.25) is 0 Å². The van der Waals surface area contributed by atoms with E-state index in [4.69, 9.17) is 9.15 Å². The van der Waals surface area contributed by atoms with Crippen molar-refractivity contribution >= 4 is 11.0 Å². The Morgan fingerprint density at radius 3 is 2.89 bits per heavy atom. The highest BCUT2D eigenvalue weighted by Crippen LogP contribution is 2.28. The molecule has 1 aromatic carbocycles. The van der Waals surface area contributed by atoms with Crippen molar-refractivity contribution in [2.24, 2.45) is 0 Å². The minimum absolute atomic E-state index is 0.426. The summed E-state index contributed by atoms with van der Waals surface area (Å²) in [4.78, 5) is 0. The fourth-order valence-corrected chi connectivity index (χ4v) is 2.02. The minimum atomic E-state index is -1.03. The van der Waals surface area contributed by atoms with Crippen molar-refractivity contribution in [1.29, 1.82) is 0 Å². The van der Waals surface area contributed by atoms with Gasteiger partial charge in [-0.2, -0.15) is 0 Å². The summed E-state index contributed by atoms with van der Waals surface area (Å²) in [5.41, 5.74) is 0.955. The summed E-state index contributed by atoms with van der Waals surface area (Å²) < 4.78 is 10.7. The molecule has 0 amide bonds. The molecule has 0 spiro atoms. The van der Waals surface area contributed by atoms with Gasteiger partial charge in [0, 0.05) is 25.6 Å². The van der Waals surface area contributed by atoms with Crippen LogP contribution in [0.2, 0.25) is 0 Å². The van der Waals surface area contributed by atoms with Crippen LogP contribution in [0.1, 0.15) is 18.2 Å². The van der Waals surface area contributed by atoms with E-state index in [9.17, 15) is 5.11 Å². The Bertz CT molecular complexity index is 545. The van der Waals surface area contributed by atoms with Crippen LogP contribution in [-0.4, -0.2) is 31.9 Å². The lowest BCUT2D eigenvalue weighted by molar-refractivity contribution is 0.0344. The molecule has 1 heterocycles. The van der Waals surface area contributed by atoms with E-state index in [0.717, 1.165) is 11.0 Å². The molecule has 104 valence electrons. The van der Waals surface area contributed by atoms with Crippen molar-refractivity contribution in [3.8, 4) is 0 Å². The smallest absolute Gasteiger partial charge is 0.137 e. The van der Waals surface area contributed by atoms with Crippen LogP contribution in [0.3, 0.4) is 0 Å². The lowest BCUT2D eigenvalue weighted by Gasteiger charge is -2.21. The van der Waals surface area contributed by atoms with Crippen LogP contribution in [0.5, 0.6) is 0 Å². The average molecular weight is 263 g/mol. The Morgan fingerprint density at radius 2 is 2.16 bits per heavy atom. The molecular weight excluding hydrogens is 242 g/mol. The number of fused-ring (bicyclic) bond motifs is 1. The van der Waals surface area contributed by atoms with E-state index in [2.05, 4.69) is 11.4 Å². The maximum Gasteiger partial charge on any atom is 0.137 e. The number of hydrogen-bond donors (Lipinski definition) is 2. The number of rotatable bonds is 6. The van der Waals surface area contributed by atoms with E-state index in [1.165, 1.54) is 5.56 Å². The molecule has 4 heteroatoms. The van der Waals surface area contributed by atoms with Crippen molar-refractivity contribution < 1.29 is 14.3 Å². The Kier molecular flexibility index (Phi) is 4.24. The number of hydrogen-bond acceptors (Lipinski definition) is 4. The number of ether oxygens (including phenoxy) is 1. The number of furan rings is 1. The molecule has 0 saturated heterocycles. The third-order valence-electron chi connectivity index (χ3n) is 3.15. The Morgan fingerprint density at radius 1 is 1.37 bits per heavy atom. The van der Waals surface area contributed by atoms with Crippen molar-refractivity contribution in [2.45, 2.75) is 19.4 Å². The standard InChI is InChI=1S/C15H21NO3/c1-11-4-5-13-12(8-11)9-14(19-13)15(2,17)10-16-6-7-18-3/h4-5,8-9,16-17H,6-7,10H2,1-3H3. The second-order valence-corrected chi connectivity index (χ2v) is 5.10. The van der Waals surface area contributed by atoms with Gasteiger partial charge in [-0.05, 0) is 32.0 Å². The Hall–Kier alpha value is -1.36. The number of methoxy groups -OCH3 is 1. The molecule has 4 nitrogen and oxygen atoms in total. The molecular formula is C15H21NO3. The molecule has 0 fully saturated rings. The molecule has 1 unspecified atom stereocenters. The number of aliphatic hydroxyl groups is 1. The van der Waals surface area contributed by atoms with E-state index in [-0.39, 0.29) is 0 Å². The lowest BCUT2D eigenvalue weighted by Crippen LogP contribution is -2.36. The summed E-state index contributed by atoms with van der Waals surface area (Å²) in [5, 5.41) is 14.6. The van der Waals surface area contributed by atoms with Gasteiger partial charge < -0.3 is 19.6 Å². The summed E-state index contributed by atoms with van der Waals surface area (Å²) in [6, 6.07) is 7.89. The maximum absolute atomic E-state index is 10.5. The molecule has 1 aromatic heterocycles. The molecule has 0 aliphatic carbocycles. The van der Waals surface area contributed by atoms with Crippen molar-refractivity contribution in [3.05, 3.63) is 35.6 Å². The highest BCUT2D eigenvalue weighted by molar-refractivity contribution is 5.78. The highest BCUT2D eigenvalue weighted by Gasteiger charge is 2.26. The molecule has 0 bridgehead atoms. The average Bonchev–Trinajstić information content (AvgIpc) is 2.78. The van der Waals surface area contributed by atoms with Crippen molar-refractivity contribution in [1.82, 2.24) is 5.32 Å². The Labute approximate surface area is 113 Å². The van der Waals surface area contributed by atoms with E-state index in [0.29, 0.717) is 25.5 Å². The van der Waals surface area contributed by atoms with Gasteiger partial charge >= 0.3 is 0 Å². The van der Waals surface area contributed by atoms with Gasteiger partial charge in [0.1, 0.15) is 16.9 Å². The van der Waals surface area contributed by atoms with Gasteiger partial charge in [0.25, 0.3) is 0 Å². The van der Waals surface area contributed by atoms with Gasteiger partial charge in [-0.1, -0.05) is 11.6 Å². The summed E-state index contributed by atoms with van der Waals surface area (Å²) in [5.74, 6) is 0.581. The van der Waals surface area contributed by atoms with Crippen LogP contribution in [0.25, 0.3) is 11.0 Å². The fourth-order valence-electron chi connectivity index (χ4n) is 2.02. The Balaban J connectivity index is 2.13. The number of nitrogens with one attached hydrogen (secondary N) is 1. The summed E-state index contributed by atoms with van der Waals surface area (Å²) >= 11 is 0. The lowest BCUT2D eigenvalue weighted by atomic mass is 10.0. The number of aryl methyl sites for hydroxylation is 1. The van der Waals surface area contributed by atoms with Crippen molar-refractivity contribution in [2.75, 3.05) is 26.8 Å². The molecule has 2 N–H and O–H groups in total. The fraction of sp³-hybridized carbons (Fsp3) is 0.467. The van der Waals surface area contributed by atoms with Crippen LogP contribution < -0.4 is 5.32 Å². The van der Waals surface area contributed by atoms with Crippen LogP contribution in [0, 0.1) is 6.92 Å². The third-order valence-corrected chi connectivity index (χ3v) is 3.15. The maximum atomic E-state index is 10.5. The van der Waals surface area contributed by atoms with E-state index in [1.807, 2.05) is 25.1 Å². The van der Waals surface area contributed by atoms with E-state index >= 15 is 0 Å². The molecule has 1 atom stereocenters. The molecule has 19 heavy (non-hydrogen) atoms. The van der Waals surface area contributed by atoms with Crippen LogP contribution in [0.15, 0.2) is 28.7 Å². The zero-order valence-corrected chi connectivity index (χ0v) is 11.7. The zero-order valence-electron chi connectivity index (χ0n) is 11.7. The van der Waals surface area contributed by atoms with Crippen LogP contribution in [-0.2, 0) is 10.3 Å². The monoisotopic (exact) mass is 263 g/mol. The van der Waals surface area contributed by atoms with Gasteiger partial charge in [0.15, 0.2) is 0 Å². The predicted octanol–water partition coefficient (Wildman–Crippen LogP) is 2.18. The molecule has 2 aromatic rings. The summed E-state index contributed by atoms with van der Waals surface area (Å²) in [6.07, 6.45) is 0. The molecule has 0 radical (unpaired) electrons. The van der Waals surface area contributed by atoms with Gasteiger partial charge in [-0.15, -0.1) is 0 Å². The largest absolute Gasteiger partial charge is 0.458 e. The predicted molar refractivity (Wildman–Crippen MR) is 75.3 cm³/mol. The number of benzene rings is 1. The summed E-state index contributed by atoms with van der Waals surface area (Å²) in [6.45, 7) is 5.53. The highest BCUT2D eigenvalue weighted by atomic mass is 16.5. The van der Waals surface area contributed by atoms with Gasteiger partial charge in [-0.25, -0.2) is 0 Å². The third kappa shape index (κ3) is 3.35. The second-order valence-electron chi connectivity index (χ2n) is 5.10. The quantitative estimate of drug-likeness (QED) is 0.784. The molecule has 0 aliphatic heterocycles. The molecule has 2 rings (SSSR count). The molecule has 0 saturated carbocycles. The minimum Gasteiger partial charge on any atom is -0.458 e. The molecule has 0 aliphatic rings. The van der Waals surface area contributed by atoms with Gasteiger partial charge in [0.05, 0.1) is 6.61 Å². The first-order valence-electron chi connectivity index (χ1n) is 6.45. The second kappa shape index (κ2) is 5.74. The van der Waals surface area contributed by atoms with Crippen LogP contribution in [0.4, 0.5) is 0 Å². The first kappa shape index (κ1) is 14.1. The van der Waals surface area contributed by atoms with E-state index < -0.39 is 5.60 Å². The van der Waals surface area contributed by atoms with Crippen LogP contribution >= 0.6 is 0 Å². The normalized spacial score (nSPS) is 14.7. The zero-order chi connectivity index (χ0) is 13.9. The van der Waals surface area contributed by atoms with Crippen molar-refractivity contribution in [3.63, 3.8) is 0 Å². The first-order valence-corrected chi connectivity index (χ1v) is 6.45.